The monoisotopic (exact) mass is 314 g/mol. The summed E-state index contributed by atoms with van der Waals surface area (Å²) in [6, 6.07) is -2.48. The van der Waals surface area contributed by atoms with Crippen molar-refractivity contribution in [2.75, 3.05) is 20.2 Å². The Balaban J connectivity index is 5.01. The molecule has 2 amide bonds. The number of carboxylic acids is 1. The van der Waals surface area contributed by atoms with Crippen molar-refractivity contribution >= 4 is 18.0 Å². The van der Waals surface area contributed by atoms with Crippen molar-refractivity contribution in [2.45, 2.75) is 26.1 Å². The van der Waals surface area contributed by atoms with Crippen LogP contribution in [0, 0.1) is 5.92 Å². The standard InChI is InChI=1S/C11H17F3N2O5/c1-6(2)8(9(19)21-3)15-10(20)16(4-7(17)18)5-11(12,13)14/h6,8H,4-5H2,1-3H3,(H,15,20)(H,17,18). The molecule has 0 aromatic heterocycles. The molecule has 0 aromatic rings. The SMILES string of the molecule is COC(=O)C(NC(=O)N(CC(=O)O)CC(F)(F)F)C(C)C. The van der Waals surface area contributed by atoms with Gasteiger partial charge in [-0.25, -0.2) is 9.59 Å². The highest BCUT2D eigenvalue weighted by Gasteiger charge is 2.35. The number of carboxylic acid groups (broad SMARTS) is 1. The molecule has 21 heavy (non-hydrogen) atoms. The molecule has 0 fully saturated rings. The number of alkyl halides is 3. The van der Waals surface area contributed by atoms with Gasteiger partial charge in [0.2, 0.25) is 0 Å². The van der Waals surface area contributed by atoms with E-state index >= 15 is 0 Å². The third-order valence-corrected chi connectivity index (χ3v) is 2.38. The summed E-state index contributed by atoms with van der Waals surface area (Å²) in [6.07, 6.45) is -4.76. The van der Waals surface area contributed by atoms with Crippen LogP contribution in [0.3, 0.4) is 0 Å². The number of urea groups is 1. The number of hydrogen-bond donors (Lipinski definition) is 2. The Morgan fingerprint density at radius 1 is 1.29 bits per heavy atom. The lowest BCUT2D eigenvalue weighted by Crippen LogP contribution is -2.53. The minimum absolute atomic E-state index is 0.0562. The van der Waals surface area contributed by atoms with E-state index in [0.29, 0.717) is 0 Å². The summed E-state index contributed by atoms with van der Waals surface area (Å²) in [7, 11) is 1.06. The van der Waals surface area contributed by atoms with Gasteiger partial charge in [-0.2, -0.15) is 13.2 Å². The Labute approximate surface area is 119 Å². The Kier molecular flexibility index (Phi) is 6.96. The molecule has 2 N–H and O–H groups in total. The number of rotatable bonds is 6. The van der Waals surface area contributed by atoms with Crippen LogP contribution in [0.4, 0.5) is 18.0 Å². The van der Waals surface area contributed by atoms with Crippen LogP contribution in [0.15, 0.2) is 0 Å². The number of ether oxygens (including phenoxy) is 1. The van der Waals surface area contributed by atoms with Gasteiger partial charge in [-0.15, -0.1) is 0 Å². The number of methoxy groups -OCH3 is 1. The highest BCUT2D eigenvalue weighted by atomic mass is 19.4. The minimum atomic E-state index is -4.76. The van der Waals surface area contributed by atoms with Crippen LogP contribution < -0.4 is 5.32 Å². The number of nitrogens with zero attached hydrogens (tertiary/aromatic N) is 1. The number of hydrogen-bond acceptors (Lipinski definition) is 4. The average molecular weight is 314 g/mol. The van der Waals surface area contributed by atoms with Crippen molar-refractivity contribution in [2.24, 2.45) is 5.92 Å². The number of carbonyl (C=O) groups is 3. The van der Waals surface area contributed by atoms with Crippen LogP contribution in [-0.2, 0) is 14.3 Å². The number of esters is 1. The fraction of sp³-hybridized carbons (Fsp3) is 0.727. The highest BCUT2D eigenvalue weighted by Crippen LogP contribution is 2.16. The zero-order valence-corrected chi connectivity index (χ0v) is 11.7. The molecule has 0 heterocycles. The molecule has 0 saturated heterocycles. The smallest absolute Gasteiger partial charge is 0.406 e. The maximum atomic E-state index is 12.3. The molecule has 0 aromatic carbocycles. The van der Waals surface area contributed by atoms with Crippen molar-refractivity contribution < 1.29 is 37.4 Å². The van der Waals surface area contributed by atoms with Gasteiger partial charge >= 0.3 is 24.1 Å². The molecule has 0 saturated carbocycles. The maximum Gasteiger partial charge on any atom is 0.406 e. The first-order valence-corrected chi connectivity index (χ1v) is 5.89. The van der Waals surface area contributed by atoms with Crippen molar-refractivity contribution in [3.63, 3.8) is 0 Å². The summed E-state index contributed by atoms with van der Waals surface area (Å²) < 4.78 is 41.4. The maximum absolute atomic E-state index is 12.3. The summed E-state index contributed by atoms with van der Waals surface area (Å²) in [6.45, 7) is 0.217. The second-order valence-corrected chi connectivity index (χ2v) is 4.56. The predicted molar refractivity (Wildman–Crippen MR) is 64.4 cm³/mol. The second-order valence-electron chi connectivity index (χ2n) is 4.56. The van der Waals surface area contributed by atoms with Gasteiger partial charge in [0.05, 0.1) is 7.11 Å². The molecule has 0 rings (SSSR count). The Hall–Kier alpha value is -2.00. The summed E-state index contributed by atoms with van der Waals surface area (Å²) in [5, 5.41) is 10.6. The van der Waals surface area contributed by atoms with Crippen LogP contribution in [-0.4, -0.2) is 60.4 Å². The lowest BCUT2D eigenvalue weighted by Gasteiger charge is -2.26. The molecular formula is C11H17F3N2O5. The lowest BCUT2D eigenvalue weighted by atomic mass is 10.1. The van der Waals surface area contributed by atoms with E-state index in [1.165, 1.54) is 0 Å². The molecule has 0 aliphatic carbocycles. The van der Waals surface area contributed by atoms with E-state index in [1.807, 2.05) is 5.32 Å². The number of nitrogens with one attached hydrogen (secondary N) is 1. The lowest BCUT2D eigenvalue weighted by molar-refractivity contribution is -0.149. The van der Waals surface area contributed by atoms with Crippen molar-refractivity contribution in [1.82, 2.24) is 10.2 Å². The highest BCUT2D eigenvalue weighted by molar-refractivity contribution is 5.85. The molecule has 0 bridgehead atoms. The molecule has 1 atom stereocenters. The van der Waals surface area contributed by atoms with Gasteiger partial charge in [0.15, 0.2) is 0 Å². The van der Waals surface area contributed by atoms with Gasteiger partial charge in [0, 0.05) is 0 Å². The van der Waals surface area contributed by atoms with Gasteiger partial charge in [-0.05, 0) is 5.92 Å². The molecule has 10 heteroatoms. The number of halogens is 3. The fourth-order valence-electron chi connectivity index (χ4n) is 1.43. The molecule has 0 radical (unpaired) electrons. The number of aliphatic carboxylic acids is 1. The van der Waals surface area contributed by atoms with E-state index in [1.54, 1.807) is 13.8 Å². The van der Waals surface area contributed by atoms with Crippen LogP contribution in [0.1, 0.15) is 13.8 Å². The van der Waals surface area contributed by atoms with E-state index < -0.39 is 49.2 Å². The summed E-state index contributed by atoms with van der Waals surface area (Å²) >= 11 is 0. The quantitative estimate of drug-likeness (QED) is 0.708. The third kappa shape index (κ3) is 7.37. The summed E-state index contributed by atoms with van der Waals surface area (Å²) in [5.41, 5.74) is 0. The van der Waals surface area contributed by atoms with Gasteiger partial charge < -0.3 is 20.1 Å². The first-order valence-electron chi connectivity index (χ1n) is 5.89. The van der Waals surface area contributed by atoms with E-state index in [4.69, 9.17) is 5.11 Å². The summed E-state index contributed by atoms with van der Waals surface area (Å²) in [4.78, 5) is 33.7. The van der Waals surface area contributed by atoms with Crippen LogP contribution in [0.5, 0.6) is 0 Å². The molecule has 0 aliphatic rings. The van der Waals surface area contributed by atoms with E-state index in [0.717, 1.165) is 7.11 Å². The Bertz CT molecular complexity index is 398. The predicted octanol–water partition coefficient (Wildman–Crippen LogP) is 0.842. The molecule has 7 nitrogen and oxygen atoms in total. The van der Waals surface area contributed by atoms with Gasteiger partial charge in [0.25, 0.3) is 0 Å². The number of amides is 2. The minimum Gasteiger partial charge on any atom is -0.480 e. The van der Waals surface area contributed by atoms with E-state index in [-0.39, 0.29) is 4.90 Å². The van der Waals surface area contributed by atoms with Crippen molar-refractivity contribution in [1.29, 1.82) is 0 Å². The molecule has 1 unspecified atom stereocenters. The van der Waals surface area contributed by atoms with Crippen molar-refractivity contribution in [3.05, 3.63) is 0 Å². The molecule has 122 valence electrons. The van der Waals surface area contributed by atoms with E-state index in [2.05, 4.69) is 4.74 Å². The second kappa shape index (κ2) is 7.70. The molecule has 0 aliphatic heterocycles. The van der Waals surface area contributed by atoms with Crippen LogP contribution in [0.2, 0.25) is 0 Å². The fourth-order valence-corrected chi connectivity index (χ4v) is 1.43. The molecular weight excluding hydrogens is 297 g/mol. The summed E-state index contributed by atoms with van der Waals surface area (Å²) in [5.74, 6) is -2.88. The molecule has 0 spiro atoms. The van der Waals surface area contributed by atoms with E-state index in [9.17, 15) is 27.6 Å². The zero-order chi connectivity index (χ0) is 16.8. The number of carbonyl (C=O) groups excluding carboxylic acids is 2. The average Bonchev–Trinajstić information content (AvgIpc) is 2.31. The van der Waals surface area contributed by atoms with Crippen LogP contribution >= 0.6 is 0 Å². The zero-order valence-electron chi connectivity index (χ0n) is 11.7. The first-order chi connectivity index (χ1) is 9.47. The van der Waals surface area contributed by atoms with Gasteiger partial charge in [-0.1, -0.05) is 13.8 Å². The topological polar surface area (TPSA) is 95.9 Å². The largest absolute Gasteiger partial charge is 0.480 e. The van der Waals surface area contributed by atoms with Crippen LogP contribution in [0.25, 0.3) is 0 Å². The van der Waals surface area contributed by atoms with Gasteiger partial charge in [-0.3, -0.25) is 4.79 Å². The Morgan fingerprint density at radius 3 is 2.14 bits per heavy atom. The third-order valence-electron chi connectivity index (χ3n) is 2.38. The normalized spacial score (nSPS) is 12.7. The first kappa shape index (κ1) is 19.0. The van der Waals surface area contributed by atoms with Crippen molar-refractivity contribution in [3.8, 4) is 0 Å². The Morgan fingerprint density at radius 2 is 1.81 bits per heavy atom. The van der Waals surface area contributed by atoms with Gasteiger partial charge in [0.1, 0.15) is 19.1 Å².